The predicted octanol–water partition coefficient (Wildman–Crippen LogP) is 2.54. The summed E-state index contributed by atoms with van der Waals surface area (Å²) in [5.41, 5.74) is 0.649. The monoisotopic (exact) mass is 302 g/mol. The summed E-state index contributed by atoms with van der Waals surface area (Å²) in [5, 5.41) is 3.52. The average Bonchev–Trinajstić information content (AvgIpc) is 2.39. The van der Waals surface area contributed by atoms with Gasteiger partial charge in [0.15, 0.2) is 0 Å². The van der Waals surface area contributed by atoms with Crippen molar-refractivity contribution < 1.29 is 8.42 Å². The highest BCUT2D eigenvalue weighted by Gasteiger charge is 2.17. The highest BCUT2D eigenvalue weighted by atomic mass is 32.2. The van der Waals surface area contributed by atoms with E-state index < -0.39 is 10.0 Å². The van der Waals surface area contributed by atoms with Gasteiger partial charge in [-0.05, 0) is 31.7 Å². The third-order valence-corrected chi connectivity index (χ3v) is 5.35. The van der Waals surface area contributed by atoms with Crippen LogP contribution >= 0.6 is 11.8 Å². The predicted molar refractivity (Wildman–Crippen MR) is 83.4 cm³/mol. The van der Waals surface area contributed by atoms with E-state index in [9.17, 15) is 8.42 Å². The quantitative estimate of drug-likeness (QED) is 0.775. The van der Waals surface area contributed by atoms with Gasteiger partial charge in [-0.3, -0.25) is 0 Å². The first-order valence-corrected chi connectivity index (χ1v) is 9.13. The lowest BCUT2D eigenvalue weighted by atomic mass is 10.3. The minimum absolute atomic E-state index is 0.314. The van der Waals surface area contributed by atoms with Gasteiger partial charge in [0.05, 0.1) is 5.69 Å². The molecule has 108 valence electrons. The summed E-state index contributed by atoms with van der Waals surface area (Å²) >= 11 is 1.74. The standard InChI is InChI=1S/C13H22N2O2S2/c1-4-14-12-7-5-6-8-13(12)19(16,17)15-10-9-11(2)18-3/h5-8,11,14-15H,4,9-10H2,1-3H3. The van der Waals surface area contributed by atoms with Crippen molar-refractivity contribution in [3.63, 3.8) is 0 Å². The summed E-state index contributed by atoms with van der Waals surface area (Å²) in [7, 11) is -3.44. The Balaban J connectivity index is 2.77. The van der Waals surface area contributed by atoms with Crippen LogP contribution in [-0.4, -0.2) is 33.0 Å². The minimum Gasteiger partial charge on any atom is -0.384 e. The van der Waals surface area contributed by atoms with Gasteiger partial charge in [0.1, 0.15) is 4.90 Å². The van der Waals surface area contributed by atoms with E-state index in [0.717, 1.165) is 6.42 Å². The van der Waals surface area contributed by atoms with Gasteiger partial charge in [-0.2, -0.15) is 11.8 Å². The topological polar surface area (TPSA) is 58.2 Å². The smallest absolute Gasteiger partial charge is 0.242 e. The molecule has 0 aliphatic heterocycles. The van der Waals surface area contributed by atoms with Gasteiger partial charge in [0.2, 0.25) is 10.0 Å². The third-order valence-electron chi connectivity index (χ3n) is 2.79. The van der Waals surface area contributed by atoms with Crippen molar-refractivity contribution in [1.29, 1.82) is 0 Å². The van der Waals surface area contributed by atoms with Crippen molar-refractivity contribution in [2.75, 3.05) is 24.7 Å². The van der Waals surface area contributed by atoms with Gasteiger partial charge in [-0.15, -0.1) is 0 Å². The molecule has 1 unspecified atom stereocenters. The Morgan fingerprint density at radius 2 is 2.00 bits per heavy atom. The van der Waals surface area contributed by atoms with E-state index >= 15 is 0 Å². The van der Waals surface area contributed by atoms with Crippen molar-refractivity contribution in [2.24, 2.45) is 0 Å². The third kappa shape index (κ3) is 5.04. The molecule has 19 heavy (non-hydrogen) atoms. The zero-order valence-corrected chi connectivity index (χ0v) is 13.3. The zero-order valence-electron chi connectivity index (χ0n) is 11.6. The van der Waals surface area contributed by atoms with Crippen molar-refractivity contribution in [2.45, 2.75) is 30.4 Å². The summed E-state index contributed by atoms with van der Waals surface area (Å²) in [6.45, 7) is 5.18. The normalized spacial score (nSPS) is 13.2. The maximum absolute atomic E-state index is 12.2. The minimum atomic E-state index is -3.44. The van der Waals surface area contributed by atoms with Crippen molar-refractivity contribution in [1.82, 2.24) is 4.72 Å². The largest absolute Gasteiger partial charge is 0.384 e. The molecule has 6 heteroatoms. The Morgan fingerprint density at radius 1 is 1.32 bits per heavy atom. The number of nitrogens with one attached hydrogen (secondary N) is 2. The second-order valence-electron chi connectivity index (χ2n) is 4.26. The molecule has 1 rings (SSSR count). The summed E-state index contributed by atoms with van der Waals surface area (Å²) < 4.78 is 27.1. The summed E-state index contributed by atoms with van der Waals surface area (Å²) in [5.74, 6) is 0. The molecule has 0 amide bonds. The SMILES string of the molecule is CCNc1ccccc1S(=O)(=O)NCCC(C)SC. The van der Waals surface area contributed by atoms with Crippen molar-refractivity contribution >= 4 is 27.5 Å². The number of benzene rings is 1. The number of rotatable bonds is 8. The molecule has 2 N–H and O–H groups in total. The lowest BCUT2D eigenvalue weighted by Crippen LogP contribution is -2.27. The Morgan fingerprint density at radius 3 is 2.63 bits per heavy atom. The number of hydrogen-bond donors (Lipinski definition) is 2. The van der Waals surface area contributed by atoms with Crippen LogP contribution in [0.5, 0.6) is 0 Å². The number of anilines is 1. The van der Waals surface area contributed by atoms with Crippen LogP contribution in [0.2, 0.25) is 0 Å². The molecule has 0 heterocycles. The Labute approximate surface area is 120 Å². The zero-order chi connectivity index (χ0) is 14.3. The van der Waals surface area contributed by atoms with Gasteiger partial charge in [-0.25, -0.2) is 13.1 Å². The van der Waals surface area contributed by atoms with Gasteiger partial charge in [0.25, 0.3) is 0 Å². The molecule has 1 aromatic rings. The van der Waals surface area contributed by atoms with E-state index in [1.807, 2.05) is 19.2 Å². The van der Waals surface area contributed by atoms with Gasteiger partial charge in [-0.1, -0.05) is 19.1 Å². The number of para-hydroxylation sites is 1. The van der Waals surface area contributed by atoms with E-state index in [2.05, 4.69) is 17.0 Å². The Kier molecular flexibility index (Phi) is 6.68. The molecule has 4 nitrogen and oxygen atoms in total. The molecule has 0 aromatic heterocycles. The molecule has 0 spiro atoms. The van der Waals surface area contributed by atoms with Crippen LogP contribution in [0.25, 0.3) is 0 Å². The van der Waals surface area contributed by atoms with Crippen LogP contribution in [-0.2, 0) is 10.0 Å². The van der Waals surface area contributed by atoms with Crippen LogP contribution in [0.15, 0.2) is 29.2 Å². The molecule has 0 aliphatic rings. The Bertz CT molecular complexity index is 489. The molecule has 0 fully saturated rings. The number of sulfonamides is 1. The summed E-state index contributed by atoms with van der Waals surface area (Å²) in [6.07, 6.45) is 2.85. The summed E-state index contributed by atoms with van der Waals surface area (Å²) in [6, 6.07) is 6.97. The first-order valence-electron chi connectivity index (χ1n) is 6.36. The highest BCUT2D eigenvalue weighted by Crippen LogP contribution is 2.20. The van der Waals surface area contributed by atoms with E-state index in [4.69, 9.17) is 0 Å². The van der Waals surface area contributed by atoms with Crippen LogP contribution in [0.1, 0.15) is 20.3 Å². The fraction of sp³-hybridized carbons (Fsp3) is 0.538. The average molecular weight is 302 g/mol. The van der Waals surface area contributed by atoms with E-state index in [1.165, 1.54) is 0 Å². The lowest BCUT2D eigenvalue weighted by Gasteiger charge is -2.13. The van der Waals surface area contributed by atoms with E-state index in [-0.39, 0.29) is 0 Å². The van der Waals surface area contributed by atoms with E-state index in [1.54, 1.807) is 30.0 Å². The van der Waals surface area contributed by atoms with Gasteiger partial charge in [0, 0.05) is 18.3 Å². The first-order chi connectivity index (χ1) is 9.01. The molecular formula is C13H22N2O2S2. The lowest BCUT2D eigenvalue weighted by molar-refractivity contribution is 0.579. The maximum Gasteiger partial charge on any atom is 0.242 e. The Hall–Kier alpha value is -0.720. The van der Waals surface area contributed by atoms with Crippen LogP contribution in [0.4, 0.5) is 5.69 Å². The molecule has 0 saturated heterocycles. The summed E-state index contributed by atoms with van der Waals surface area (Å²) in [4.78, 5) is 0.314. The number of hydrogen-bond acceptors (Lipinski definition) is 4. The van der Waals surface area contributed by atoms with Crippen molar-refractivity contribution in [3.05, 3.63) is 24.3 Å². The fourth-order valence-corrected chi connectivity index (χ4v) is 3.21. The fourth-order valence-electron chi connectivity index (χ4n) is 1.63. The van der Waals surface area contributed by atoms with Gasteiger partial charge >= 0.3 is 0 Å². The van der Waals surface area contributed by atoms with Crippen LogP contribution in [0, 0.1) is 0 Å². The molecule has 0 saturated carbocycles. The first kappa shape index (κ1) is 16.3. The molecule has 0 aliphatic carbocycles. The van der Waals surface area contributed by atoms with Crippen LogP contribution < -0.4 is 10.0 Å². The maximum atomic E-state index is 12.2. The molecule has 1 atom stereocenters. The second kappa shape index (κ2) is 7.77. The van der Waals surface area contributed by atoms with E-state index in [0.29, 0.717) is 28.9 Å². The second-order valence-corrected chi connectivity index (χ2v) is 7.27. The van der Waals surface area contributed by atoms with Crippen molar-refractivity contribution in [3.8, 4) is 0 Å². The molecule has 0 radical (unpaired) electrons. The molecule has 0 bridgehead atoms. The number of thioether (sulfide) groups is 1. The van der Waals surface area contributed by atoms with Crippen LogP contribution in [0.3, 0.4) is 0 Å². The molecule has 1 aromatic carbocycles. The van der Waals surface area contributed by atoms with Gasteiger partial charge < -0.3 is 5.32 Å². The molecular weight excluding hydrogens is 280 g/mol. The highest BCUT2D eigenvalue weighted by molar-refractivity contribution is 7.99.